The molecule has 8 heteroatoms. The van der Waals surface area contributed by atoms with Gasteiger partial charge in [-0.15, -0.1) is 10.2 Å². The Balaban J connectivity index is 1.57. The number of carbonyl (C=O) groups is 1. The summed E-state index contributed by atoms with van der Waals surface area (Å²) in [6, 6.07) is 12.5. The maximum atomic E-state index is 12.2. The van der Waals surface area contributed by atoms with E-state index in [-0.39, 0.29) is 12.3 Å². The van der Waals surface area contributed by atoms with Crippen molar-refractivity contribution in [1.29, 1.82) is 0 Å². The van der Waals surface area contributed by atoms with Gasteiger partial charge in [-0.3, -0.25) is 4.79 Å². The average Bonchev–Trinajstić information content (AvgIpc) is 3.21. The fourth-order valence-electron chi connectivity index (χ4n) is 2.56. The Kier molecular flexibility index (Phi) is 6.11. The van der Waals surface area contributed by atoms with Gasteiger partial charge in [0.25, 0.3) is 0 Å². The van der Waals surface area contributed by atoms with E-state index in [1.165, 1.54) is 0 Å². The third-order valence-electron chi connectivity index (χ3n) is 4.04. The number of hydrogen-bond acceptors (Lipinski definition) is 7. The number of carbonyl (C=O) groups excluding carboxylic acids is 1. The molecule has 3 rings (SSSR count). The fraction of sp³-hybridized carbons (Fsp3) is 0.250. The number of aryl methyl sites for hydroxylation is 1. The van der Waals surface area contributed by atoms with Gasteiger partial charge < -0.3 is 23.9 Å². The van der Waals surface area contributed by atoms with E-state index in [4.69, 9.17) is 18.6 Å². The molecule has 3 aromatic rings. The minimum Gasteiger partial charge on any atom is -0.497 e. The van der Waals surface area contributed by atoms with Crippen LogP contribution in [0, 0.1) is 0 Å². The molecule has 0 fully saturated rings. The lowest BCUT2D eigenvalue weighted by Gasteiger charge is -2.10. The molecule has 146 valence electrons. The number of rotatable bonds is 8. The molecule has 0 spiro atoms. The van der Waals surface area contributed by atoms with Crippen LogP contribution in [0.15, 0.2) is 46.9 Å². The van der Waals surface area contributed by atoms with Gasteiger partial charge >= 0.3 is 0 Å². The van der Waals surface area contributed by atoms with E-state index < -0.39 is 0 Å². The normalized spacial score (nSPS) is 10.4. The van der Waals surface area contributed by atoms with Gasteiger partial charge in [-0.05, 0) is 36.4 Å². The molecule has 8 nitrogen and oxygen atoms in total. The minimum absolute atomic E-state index is 0.170. The molecule has 2 aromatic carbocycles. The number of methoxy groups -OCH3 is 3. The summed E-state index contributed by atoms with van der Waals surface area (Å²) in [5.41, 5.74) is 1.40. The lowest BCUT2D eigenvalue weighted by atomic mass is 10.2. The number of ether oxygens (including phenoxy) is 3. The van der Waals surface area contributed by atoms with Crippen LogP contribution in [0.5, 0.6) is 17.2 Å². The van der Waals surface area contributed by atoms with Crippen LogP contribution in [0.25, 0.3) is 11.5 Å². The quantitative estimate of drug-likeness (QED) is 0.637. The first-order valence-corrected chi connectivity index (χ1v) is 8.61. The molecule has 0 aliphatic carbocycles. The highest BCUT2D eigenvalue weighted by Gasteiger charge is 2.12. The molecule has 0 bridgehead atoms. The molecule has 1 amide bonds. The second-order valence-electron chi connectivity index (χ2n) is 5.85. The number of benzene rings is 2. The van der Waals surface area contributed by atoms with Crippen LogP contribution in [0.3, 0.4) is 0 Å². The van der Waals surface area contributed by atoms with Crippen LogP contribution in [0.1, 0.15) is 12.3 Å². The van der Waals surface area contributed by atoms with Crippen LogP contribution < -0.4 is 19.5 Å². The van der Waals surface area contributed by atoms with E-state index in [1.54, 1.807) is 39.5 Å². The Bertz CT molecular complexity index is 937. The molecule has 0 saturated carbocycles. The first kappa shape index (κ1) is 19.2. The predicted molar refractivity (Wildman–Crippen MR) is 103 cm³/mol. The predicted octanol–water partition coefficient (Wildman–Crippen LogP) is 3.33. The maximum absolute atomic E-state index is 12.2. The first-order valence-electron chi connectivity index (χ1n) is 8.61. The molecule has 0 aliphatic heterocycles. The van der Waals surface area contributed by atoms with E-state index in [2.05, 4.69) is 15.5 Å². The van der Waals surface area contributed by atoms with Crippen molar-refractivity contribution in [3.05, 3.63) is 48.4 Å². The van der Waals surface area contributed by atoms with Crippen molar-refractivity contribution >= 4 is 11.6 Å². The summed E-state index contributed by atoms with van der Waals surface area (Å²) < 4.78 is 21.2. The smallest absolute Gasteiger partial charge is 0.247 e. The summed E-state index contributed by atoms with van der Waals surface area (Å²) in [4.78, 5) is 12.2. The third-order valence-corrected chi connectivity index (χ3v) is 4.04. The molecular formula is C20H21N3O5. The average molecular weight is 383 g/mol. The second-order valence-corrected chi connectivity index (χ2v) is 5.85. The third kappa shape index (κ3) is 4.59. The van der Waals surface area contributed by atoms with E-state index >= 15 is 0 Å². The largest absolute Gasteiger partial charge is 0.497 e. The topological polar surface area (TPSA) is 95.7 Å². The molecule has 0 aliphatic rings. The van der Waals surface area contributed by atoms with Crippen LogP contribution in [0.2, 0.25) is 0 Å². The molecule has 0 atom stereocenters. The maximum Gasteiger partial charge on any atom is 0.247 e. The summed E-state index contributed by atoms with van der Waals surface area (Å²) in [5, 5.41) is 10.8. The van der Waals surface area contributed by atoms with Gasteiger partial charge in [-0.1, -0.05) is 0 Å². The van der Waals surface area contributed by atoms with Crippen molar-refractivity contribution in [3.63, 3.8) is 0 Å². The fourth-order valence-corrected chi connectivity index (χ4v) is 2.56. The Morgan fingerprint density at radius 2 is 1.71 bits per heavy atom. The number of anilines is 1. The Labute approximate surface area is 162 Å². The van der Waals surface area contributed by atoms with Crippen LogP contribution in [-0.4, -0.2) is 37.4 Å². The lowest BCUT2D eigenvalue weighted by molar-refractivity contribution is -0.116. The van der Waals surface area contributed by atoms with E-state index in [9.17, 15) is 4.79 Å². The second kappa shape index (κ2) is 8.90. The molecule has 1 N–H and O–H groups in total. The van der Waals surface area contributed by atoms with Gasteiger partial charge in [0.05, 0.1) is 21.3 Å². The number of amides is 1. The molecule has 1 aromatic heterocycles. The monoisotopic (exact) mass is 383 g/mol. The summed E-state index contributed by atoms with van der Waals surface area (Å²) in [6.07, 6.45) is 0.543. The summed E-state index contributed by atoms with van der Waals surface area (Å²) in [7, 11) is 4.70. The molecule has 0 saturated heterocycles. The van der Waals surface area contributed by atoms with Crippen LogP contribution in [0.4, 0.5) is 5.69 Å². The van der Waals surface area contributed by atoms with Crippen molar-refractivity contribution in [1.82, 2.24) is 10.2 Å². The van der Waals surface area contributed by atoms with E-state index in [0.717, 1.165) is 11.3 Å². The number of nitrogens with one attached hydrogen (secondary N) is 1. The van der Waals surface area contributed by atoms with Gasteiger partial charge in [-0.2, -0.15) is 0 Å². The minimum atomic E-state index is -0.170. The number of hydrogen-bond donors (Lipinski definition) is 1. The van der Waals surface area contributed by atoms with Gasteiger partial charge in [0, 0.05) is 30.2 Å². The number of aromatic nitrogens is 2. The van der Waals surface area contributed by atoms with Crippen molar-refractivity contribution in [2.45, 2.75) is 12.8 Å². The molecular weight excluding hydrogens is 362 g/mol. The van der Waals surface area contributed by atoms with Gasteiger partial charge in [-0.25, -0.2) is 0 Å². The van der Waals surface area contributed by atoms with Gasteiger partial charge in [0.1, 0.15) is 5.75 Å². The Morgan fingerprint density at radius 3 is 2.39 bits per heavy atom. The highest BCUT2D eigenvalue weighted by atomic mass is 16.5. The highest BCUT2D eigenvalue weighted by Crippen LogP contribution is 2.29. The standard InChI is InChI=1S/C20H21N3O5/c1-25-15-7-4-13(5-8-15)20-23-22-19(28-20)11-10-18(24)21-14-6-9-16(26-2)17(12-14)27-3/h4-9,12H,10-11H2,1-3H3,(H,21,24). The first-order chi connectivity index (χ1) is 13.6. The molecule has 0 radical (unpaired) electrons. The zero-order valence-corrected chi connectivity index (χ0v) is 15.9. The molecule has 1 heterocycles. The summed E-state index contributed by atoms with van der Waals surface area (Å²) in [5.74, 6) is 2.51. The van der Waals surface area contributed by atoms with Crippen molar-refractivity contribution in [3.8, 4) is 28.7 Å². The highest BCUT2D eigenvalue weighted by molar-refractivity contribution is 5.91. The van der Waals surface area contributed by atoms with Crippen molar-refractivity contribution in [2.24, 2.45) is 0 Å². The van der Waals surface area contributed by atoms with Gasteiger partial charge in [0.2, 0.25) is 17.7 Å². The van der Waals surface area contributed by atoms with E-state index in [0.29, 0.717) is 35.4 Å². The summed E-state index contributed by atoms with van der Waals surface area (Å²) >= 11 is 0. The van der Waals surface area contributed by atoms with Crippen molar-refractivity contribution in [2.75, 3.05) is 26.6 Å². The Hall–Kier alpha value is -3.55. The number of nitrogens with zero attached hydrogens (tertiary/aromatic N) is 2. The van der Waals surface area contributed by atoms with Crippen LogP contribution >= 0.6 is 0 Å². The van der Waals surface area contributed by atoms with Crippen LogP contribution in [-0.2, 0) is 11.2 Å². The zero-order chi connectivity index (χ0) is 19.9. The van der Waals surface area contributed by atoms with Gasteiger partial charge in [0.15, 0.2) is 11.5 Å². The lowest BCUT2D eigenvalue weighted by Crippen LogP contribution is -2.12. The molecule has 28 heavy (non-hydrogen) atoms. The zero-order valence-electron chi connectivity index (χ0n) is 15.9. The Morgan fingerprint density at radius 1 is 0.964 bits per heavy atom. The van der Waals surface area contributed by atoms with E-state index in [1.807, 2.05) is 24.3 Å². The SMILES string of the molecule is COc1ccc(-c2nnc(CCC(=O)Nc3ccc(OC)c(OC)c3)o2)cc1. The summed E-state index contributed by atoms with van der Waals surface area (Å²) in [6.45, 7) is 0. The molecule has 0 unspecified atom stereocenters. The van der Waals surface area contributed by atoms with Crippen molar-refractivity contribution < 1.29 is 23.4 Å².